The van der Waals surface area contributed by atoms with Crippen molar-refractivity contribution in [1.29, 1.82) is 0 Å². The fourth-order valence-corrected chi connectivity index (χ4v) is 3.08. The van der Waals surface area contributed by atoms with Crippen LogP contribution >= 0.6 is 24.0 Å². The van der Waals surface area contributed by atoms with E-state index in [2.05, 4.69) is 51.7 Å². The van der Waals surface area contributed by atoms with E-state index in [9.17, 15) is 4.79 Å². The van der Waals surface area contributed by atoms with Crippen LogP contribution in [0.4, 0.5) is 4.79 Å². The van der Waals surface area contributed by atoms with E-state index in [-0.39, 0.29) is 36.1 Å². The number of carbonyl (C=O) groups excluding carboxylic acids is 1. The van der Waals surface area contributed by atoms with Gasteiger partial charge in [-0.1, -0.05) is 24.3 Å². The molecule has 1 heterocycles. The van der Waals surface area contributed by atoms with E-state index < -0.39 is 5.60 Å². The molecule has 27 heavy (non-hydrogen) atoms. The number of amides is 1. The largest absolute Gasteiger partial charge is 0.444 e. The van der Waals surface area contributed by atoms with Crippen LogP contribution in [0.5, 0.6) is 0 Å². The number of carbonyl (C=O) groups is 1. The summed E-state index contributed by atoms with van der Waals surface area (Å²) in [6.07, 6.45) is 1.49. The van der Waals surface area contributed by atoms with Crippen LogP contribution in [0.3, 0.4) is 0 Å². The number of alkyl carbamates (subject to hydrolysis) is 1. The second-order valence-corrected chi connectivity index (χ2v) is 7.73. The molecular formula is C20H33IN4O2. The van der Waals surface area contributed by atoms with Crippen molar-refractivity contribution in [2.24, 2.45) is 4.99 Å². The van der Waals surface area contributed by atoms with Gasteiger partial charge in [-0.15, -0.1) is 24.0 Å². The summed E-state index contributed by atoms with van der Waals surface area (Å²) in [5, 5.41) is 6.38. The number of halogens is 1. The van der Waals surface area contributed by atoms with Gasteiger partial charge in [-0.2, -0.15) is 0 Å². The van der Waals surface area contributed by atoms with Crippen LogP contribution in [0, 0.1) is 6.92 Å². The molecule has 1 atom stereocenters. The molecule has 0 aliphatic carbocycles. The van der Waals surface area contributed by atoms with E-state index in [1.54, 1.807) is 7.05 Å². The van der Waals surface area contributed by atoms with Crippen molar-refractivity contribution >= 4 is 36.0 Å². The number of nitrogens with one attached hydrogen (secondary N) is 2. The molecule has 2 N–H and O–H groups in total. The highest BCUT2D eigenvalue weighted by Crippen LogP contribution is 2.12. The summed E-state index contributed by atoms with van der Waals surface area (Å²) in [7, 11) is 1.80. The van der Waals surface area contributed by atoms with Crippen LogP contribution in [0.1, 0.15) is 38.3 Å². The van der Waals surface area contributed by atoms with Gasteiger partial charge in [0, 0.05) is 26.7 Å². The second kappa shape index (κ2) is 10.7. The molecule has 1 saturated heterocycles. The van der Waals surface area contributed by atoms with E-state index >= 15 is 0 Å². The van der Waals surface area contributed by atoms with E-state index in [1.165, 1.54) is 11.1 Å². The van der Waals surface area contributed by atoms with Crippen molar-refractivity contribution in [2.75, 3.05) is 26.7 Å². The lowest BCUT2D eigenvalue weighted by Crippen LogP contribution is -2.44. The normalized spacial score (nSPS) is 17.3. The van der Waals surface area contributed by atoms with Gasteiger partial charge >= 0.3 is 6.09 Å². The molecule has 1 aromatic rings. The summed E-state index contributed by atoms with van der Waals surface area (Å²) in [6.45, 7) is 10.2. The van der Waals surface area contributed by atoms with Gasteiger partial charge in [0.1, 0.15) is 5.60 Å². The molecule has 152 valence electrons. The fraction of sp³-hybridized carbons (Fsp3) is 0.600. The lowest BCUT2D eigenvalue weighted by Gasteiger charge is -2.23. The quantitative estimate of drug-likeness (QED) is 0.388. The highest BCUT2D eigenvalue weighted by molar-refractivity contribution is 14.0. The van der Waals surface area contributed by atoms with Crippen LogP contribution < -0.4 is 10.6 Å². The first-order valence-electron chi connectivity index (χ1n) is 9.28. The van der Waals surface area contributed by atoms with Gasteiger partial charge < -0.3 is 20.3 Å². The maximum Gasteiger partial charge on any atom is 0.407 e. The number of hydrogen-bond donors (Lipinski definition) is 2. The SMILES string of the molecule is CN=C(NCCc1ccccc1C)N1CC[C@@H](NC(=O)OC(C)(C)C)C1.I. The van der Waals surface area contributed by atoms with Gasteiger partial charge in [0.2, 0.25) is 0 Å². The molecule has 0 spiro atoms. The van der Waals surface area contributed by atoms with Gasteiger partial charge in [0.05, 0.1) is 6.04 Å². The standard InChI is InChI=1S/C20H32N4O2.HI/c1-15-8-6-7-9-16(15)10-12-22-18(21-5)24-13-11-17(14-24)23-19(25)26-20(2,3)4;/h6-9,17H,10-14H2,1-5H3,(H,21,22)(H,23,25);1H/t17-;/m1./s1. The van der Waals surface area contributed by atoms with Crippen molar-refractivity contribution in [3.05, 3.63) is 35.4 Å². The Hall–Kier alpha value is -1.51. The predicted octanol–water partition coefficient (Wildman–Crippen LogP) is 3.33. The number of ether oxygens (including phenoxy) is 1. The van der Waals surface area contributed by atoms with Crippen LogP contribution in [0.2, 0.25) is 0 Å². The van der Waals surface area contributed by atoms with E-state index in [0.717, 1.165) is 38.4 Å². The molecule has 1 aliphatic rings. The minimum Gasteiger partial charge on any atom is -0.444 e. The van der Waals surface area contributed by atoms with Gasteiger partial charge in [-0.25, -0.2) is 4.79 Å². The first-order valence-corrected chi connectivity index (χ1v) is 9.28. The summed E-state index contributed by atoms with van der Waals surface area (Å²) in [5.41, 5.74) is 2.18. The monoisotopic (exact) mass is 488 g/mol. The number of likely N-dealkylation sites (tertiary alicyclic amines) is 1. The topological polar surface area (TPSA) is 66.0 Å². The van der Waals surface area contributed by atoms with Crippen molar-refractivity contribution in [2.45, 2.75) is 52.2 Å². The zero-order valence-electron chi connectivity index (χ0n) is 17.0. The first-order chi connectivity index (χ1) is 12.3. The lowest BCUT2D eigenvalue weighted by molar-refractivity contribution is 0.0507. The Labute approximate surface area is 180 Å². The Morgan fingerprint density at radius 1 is 1.33 bits per heavy atom. The number of rotatable bonds is 4. The maximum absolute atomic E-state index is 11.9. The number of aryl methyl sites for hydroxylation is 1. The number of guanidine groups is 1. The molecular weight excluding hydrogens is 455 g/mol. The summed E-state index contributed by atoms with van der Waals surface area (Å²) >= 11 is 0. The minimum absolute atomic E-state index is 0. The average molecular weight is 488 g/mol. The summed E-state index contributed by atoms with van der Waals surface area (Å²) in [5.74, 6) is 0.882. The summed E-state index contributed by atoms with van der Waals surface area (Å²) in [6, 6.07) is 8.52. The third kappa shape index (κ3) is 7.94. The molecule has 0 bridgehead atoms. The number of hydrogen-bond acceptors (Lipinski definition) is 3. The molecule has 1 fully saturated rings. The molecule has 0 aromatic heterocycles. The molecule has 0 unspecified atom stereocenters. The molecule has 2 rings (SSSR count). The number of nitrogens with zero attached hydrogens (tertiary/aromatic N) is 2. The van der Waals surface area contributed by atoms with Crippen LogP contribution in [0.15, 0.2) is 29.3 Å². The van der Waals surface area contributed by atoms with Crippen molar-refractivity contribution < 1.29 is 9.53 Å². The third-order valence-electron chi connectivity index (χ3n) is 4.36. The van der Waals surface area contributed by atoms with Crippen LogP contribution in [0.25, 0.3) is 0 Å². The zero-order valence-corrected chi connectivity index (χ0v) is 19.4. The minimum atomic E-state index is -0.477. The molecule has 0 saturated carbocycles. The van der Waals surface area contributed by atoms with Crippen molar-refractivity contribution in [3.63, 3.8) is 0 Å². The van der Waals surface area contributed by atoms with E-state index in [4.69, 9.17) is 4.74 Å². The second-order valence-electron chi connectivity index (χ2n) is 7.73. The molecule has 1 amide bonds. The average Bonchev–Trinajstić information content (AvgIpc) is 2.99. The number of aliphatic imine (C=N–C) groups is 1. The Balaban J connectivity index is 0.00000364. The first kappa shape index (κ1) is 23.5. The van der Waals surface area contributed by atoms with Gasteiger partial charge in [-0.3, -0.25) is 4.99 Å². The molecule has 1 aliphatic heterocycles. The Morgan fingerprint density at radius 2 is 2.04 bits per heavy atom. The van der Waals surface area contributed by atoms with Crippen LogP contribution in [-0.4, -0.2) is 55.3 Å². The zero-order chi connectivity index (χ0) is 19.2. The maximum atomic E-state index is 11.9. The number of benzene rings is 1. The van der Waals surface area contributed by atoms with Gasteiger partial charge in [0.15, 0.2) is 5.96 Å². The van der Waals surface area contributed by atoms with E-state index in [0.29, 0.717) is 0 Å². The summed E-state index contributed by atoms with van der Waals surface area (Å²) < 4.78 is 5.33. The van der Waals surface area contributed by atoms with Gasteiger partial charge in [0.25, 0.3) is 0 Å². The third-order valence-corrected chi connectivity index (χ3v) is 4.36. The van der Waals surface area contributed by atoms with E-state index in [1.807, 2.05) is 20.8 Å². The predicted molar refractivity (Wildman–Crippen MR) is 121 cm³/mol. The highest BCUT2D eigenvalue weighted by atomic mass is 127. The van der Waals surface area contributed by atoms with Crippen molar-refractivity contribution in [3.8, 4) is 0 Å². The van der Waals surface area contributed by atoms with Crippen molar-refractivity contribution in [1.82, 2.24) is 15.5 Å². The Morgan fingerprint density at radius 3 is 2.67 bits per heavy atom. The highest BCUT2D eigenvalue weighted by Gasteiger charge is 2.27. The van der Waals surface area contributed by atoms with Gasteiger partial charge in [-0.05, 0) is 51.7 Å². The lowest BCUT2D eigenvalue weighted by atomic mass is 10.1. The molecule has 1 aromatic carbocycles. The van der Waals surface area contributed by atoms with Crippen LogP contribution in [-0.2, 0) is 11.2 Å². The smallest absolute Gasteiger partial charge is 0.407 e. The Bertz CT molecular complexity index is 643. The fourth-order valence-electron chi connectivity index (χ4n) is 3.08. The molecule has 7 heteroatoms. The Kier molecular flexibility index (Phi) is 9.35. The molecule has 0 radical (unpaired) electrons. The summed E-state index contributed by atoms with van der Waals surface area (Å²) in [4.78, 5) is 18.5. The molecule has 6 nitrogen and oxygen atoms in total.